The van der Waals surface area contributed by atoms with Gasteiger partial charge in [0.25, 0.3) is 0 Å². The van der Waals surface area contributed by atoms with Crippen molar-refractivity contribution in [1.82, 2.24) is 15.1 Å². The maximum Gasteiger partial charge on any atom is 0.165 e. The zero-order valence-corrected chi connectivity index (χ0v) is 12.5. The minimum atomic E-state index is 0.324. The van der Waals surface area contributed by atoms with Crippen molar-refractivity contribution in [3.63, 3.8) is 0 Å². The van der Waals surface area contributed by atoms with Crippen LogP contribution in [0.25, 0.3) is 0 Å². The topological polar surface area (TPSA) is 48.3 Å². The quantitative estimate of drug-likeness (QED) is 0.915. The second kappa shape index (κ2) is 6.18. The summed E-state index contributed by atoms with van der Waals surface area (Å²) in [4.78, 5) is 0. The second-order valence-corrected chi connectivity index (χ2v) is 5.46. The number of nitrogens with zero attached hydrogens (tertiary/aromatic N) is 2. The lowest BCUT2D eigenvalue weighted by molar-refractivity contribution is 0.169. The molecule has 0 saturated heterocycles. The van der Waals surface area contributed by atoms with E-state index in [2.05, 4.69) is 36.5 Å². The van der Waals surface area contributed by atoms with E-state index in [-0.39, 0.29) is 0 Å². The van der Waals surface area contributed by atoms with Crippen LogP contribution < -0.4 is 14.8 Å². The maximum atomic E-state index is 5.73. The van der Waals surface area contributed by atoms with Gasteiger partial charge < -0.3 is 14.8 Å². The molecule has 1 aromatic carbocycles. The molecule has 1 N–H and O–H groups in total. The molecule has 5 nitrogen and oxygen atoms in total. The predicted molar refractivity (Wildman–Crippen MR) is 80.7 cm³/mol. The largest absolute Gasteiger partial charge is 0.486 e. The summed E-state index contributed by atoms with van der Waals surface area (Å²) >= 11 is 0. The van der Waals surface area contributed by atoms with Crippen LogP contribution in [0.1, 0.15) is 18.1 Å². The van der Waals surface area contributed by atoms with Gasteiger partial charge in [-0.1, -0.05) is 12.1 Å². The molecule has 3 rings (SSSR count). The van der Waals surface area contributed by atoms with Crippen molar-refractivity contribution >= 4 is 0 Å². The molecule has 0 spiro atoms. The van der Waals surface area contributed by atoms with Crippen LogP contribution in [0.15, 0.2) is 30.6 Å². The molecule has 0 unspecified atom stereocenters. The Labute approximate surface area is 124 Å². The standard InChI is InChI=1S/C16H21N3O2/c1-12-8-18-19(10-12)11-13(2)17-9-14-4-3-5-15-16(14)21-7-6-20-15/h3-5,8,10,13,17H,6-7,9,11H2,1-2H3/t13-/m1/s1. The molecule has 1 aliphatic rings. The molecule has 1 aromatic heterocycles. The lowest BCUT2D eigenvalue weighted by Gasteiger charge is -2.22. The number of hydrogen-bond acceptors (Lipinski definition) is 4. The number of fused-ring (bicyclic) bond motifs is 1. The third-order valence-corrected chi connectivity index (χ3v) is 3.51. The summed E-state index contributed by atoms with van der Waals surface area (Å²) in [6, 6.07) is 6.36. The number of hydrogen-bond donors (Lipinski definition) is 1. The molecule has 2 aromatic rings. The molecule has 1 aliphatic heterocycles. The fraction of sp³-hybridized carbons (Fsp3) is 0.438. The molecular formula is C16H21N3O2. The Morgan fingerprint density at radius 3 is 3.00 bits per heavy atom. The predicted octanol–water partition coefficient (Wildman–Crippen LogP) is 2.14. The van der Waals surface area contributed by atoms with Gasteiger partial charge in [-0.15, -0.1) is 0 Å². The van der Waals surface area contributed by atoms with Gasteiger partial charge in [0.1, 0.15) is 13.2 Å². The Morgan fingerprint density at radius 1 is 1.33 bits per heavy atom. The number of rotatable bonds is 5. The molecule has 0 amide bonds. The van der Waals surface area contributed by atoms with Crippen molar-refractivity contribution in [2.24, 2.45) is 0 Å². The van der Waals surface area contributed by atoms with Crippen LogP contribution in [0.3, 0.4) is 0 Å². The monoisotopic (exact) mass is 287 g/mol. The van der Waals surface area contributed by atoms with Crippen LogP contribution in [0, 0.1) is 6.92 Å². The van der Waals surface area contributed by atoms with Crippen molar-refractivity contribution in [2.75, 3.05) is 13.2 Å². The lowest BCUT2D eigenvalue weighted by Crippen LogP contribution is -2.30. The molecule has 112 valence electrons. The molecule has 1 atom stereocenters. The van der Waals surface area contributed by atoms with Crippen LogP contribution in [-0.4, -0.2) is 29.0 Å². The van der Waals surface area contributed by atoms with Gasteiger partial charge in [0.2, 0.25) is 0 Å². The highest BCUT2D eigenvalue weighted by Crippen LogP contribution is 2.33. The van der Waals surface area contributed by atoms with Crippen LogP contribution >= 0.6 is 0 Å². The van der Waals surface area contributed by atoms with Gasteiger partial charge in [0.05, 0.1) is 12.7 Å². The summed E-state index contributed by atoms with van der Waals surface area (Å²) < 4.78 is 13.3. The normalized spacial score (nSPS) is 15.0. The first kappa shape index (κ1) is 13.9. The van der Waals surface area contributed by atoms with E-state index in [1.54, 1.807) is 0 Å². The van der Waals surface area contributed by atoms with Gasteiger partial charge in [-0.25, -0.2) is 0 Å². The molecule has 0 bridgehead atoms. The Hall–Kier alpha value is -2.01. The first-order valence-corrected chi connectivity index (χ1v) is 7.32. The van der Waals surface area contributed by atoms with E-state index < -0.39 is 0 Å². The Bertz CT molecular complexity index is 609. The Morgan fingerprint density at radius 2 is 2.19 bits per heavy atom. The number of ether oxygens (including phenoxy) is 2. The number of nitrogens with one attached hydrogen (secondary N) is 1. The molecule has 5 heteroatoms. The van der Waals surface area contributed by atoms with Crippen LogP contribution in [-0.2, 0) is 13.1 Å². The van der Waals surface area contributed by atoms with E-state index in [1.807, 2.05) is 23.0 Å². The van der Waals surface area contributed by atoms with Crippen molar-refractivity contribution in [3.05, 3.63) is 41.7 Å². The Kier molecular flexibility index (Phi) is 4.10. The van der Waals surface area contributed by atoms with Crippen LogP contribution in [0.4, 0.5) is 0 Å². The fourth-order valence-corrected chi connectivity index (χ4v) is 2.47. The fourth-order valence-electron chi connectivity index (χ4n) is 2.47. The van der Waals surface area contributed by atoms with Gasteiger partial charge in [-0.2, -0.15) is 5.10 Å². The molecule has 0 saturated carbocycles. The first-order chi connectivity index (χ1) is 10.2. The summed E-state index contributed by atoms with van der Waals surface area (Å²) in [5, 5.41) is 7.82. The summed E-state index contributed by atoms with van der Waals surface area (Å²) in [6.45, 7) is 7.05. The summed E-state index contributed by atoms with van der Waals surface area (Å²) in [6.07, 6.45) is 3.94. The number of benzene rings is 1. The van der Waals surface area contributed by atoms with Gasteiger partial charge in [-0.3, -0.25) is 4.68 Å². The molecular weight excluding hydrogens is 266 g/mol. The van der Waals surface area contributed by atoms with Crippen molar-refractivity contribution in [1.29, 1.82) is 0 Å². The third-order valence-electron chi connectivity index (χ3n) is 3.51. The van der Waals surface area contributed by atoms with Gasteiger partial charge in [0.15, 0.2) is 11.5 Å². The summed E-state index contributed by atoms with van der Waals surface area (Å²) in [5.41, 5.74) is 2.32. The van der Waals surface area contributed by atoms with E-state index in [1.165, 1.54) is 5.56 Å². The number of para-hydroxylation sites is 1. The van der Waals surface area contributed by atoms with E-state index in [0.29, 0.717) is 19.3 Å². The molecule has 0 aliphatic carbocycles. The van der Waals surface area contributed by atoms with Crippen LogP contribution in [0.2, 0.25) is 0 Å². The average Bonchev–Trinajstić information content (AvgIpc) is 2.90. The van der Waals surface area contributed by atoms with Gasteiger partial charge in [0, 0.05) is 24.3 Å². The number of aryl methyl sites for hydroxylation is 1. The Balaban J connectivity index is 1.60. The molecule has 0 radical (unpaired) electrons. The van der Waals surface area contributed by atoms with Gasteiger partial charge >= 0.3 is 0 Å². The van der Waals surface area contributed by atoms with E-state index >= 15 is 0 Å². The lowest BCUT2D eigenvalue weighted by atomic mass is 10.1. The van der Waals surface area contributed by atoms with Crippen molar-refractivity contribution < 1.29 is 9.47 Å². The average molecular weight is 287 g/mol. The van der Waals surface area contributed by atoms with Crippen molar-refractivity contribution in [3.8, 4) is 11.5 Å². The first-order valence-electron chi connectivity index (χ1n) is 7.32. The minimum Gasteiger partial charge on any atom is -0.486 e. The summed E-state index contributed by atoms with van der Waals surface area (Å²) in [5.74, 6) is 1.72. The van der Waals surface area contributed by atoms with E-state index in [9.17, 15) is 0 Å². The van der Waals surface area contributed by atoms with Gasteiger partial charge in [-0.05, 0) is 25.5 Å². The molecule has 2 heterocycles. The zero-order chi connectivity index (χ0) is 14.7. The molecule has 21 heavy (non-hydrogen) atoms. The van der Waals surface area contributed by atoms with Crippen LogP contribution in [0.5, 0.6) is 11.5 Å². The zero-order valence-electron chi connectivity index (χ0n) is 12.5. The maximum absolute atomic E-state index is 5.73. The smallest absolute Gasteiger partial charge is 0.165 e. The van der Waals surface area contributed by atoms with E-state index in [4.69, 9.17) is 9.47 Å². The highest BCUT2D eigenvalue weighted by atomic mass is 16.6. The molecule has 0 fully saturated rings. The van der Waals surface area contributed by atoms with E-state index in [0.717, 1.165) is 30.2 Å². The SMILES string of the molecule is Cc1cnn(C[C@@H](C)NCc2cccc3c2OCCO3)c1. The third kappa shape index (κ3) is 3.36. The highest BCUT2D eigenvalue weighted by Gasteiger charge is 2.15. The highest BCUT2D eigenvalue weighted by molar-refractivity contribution is 5.47. The number of aromatic nitrogens is 2. The minimum absolute atomic E-state index is 0.324. The second-order valence-electron chi connectivity index (χ2n) is 5.46. The summed E-state index contributed by atoms with van der Waals surface area (Å²) in [7, 11) is 0. The van der Waals surface area contributed by atoms with Crippen molar-refractivity contribution in [2.45, 2.75) is 33.0 Å².